The maximum Gasteiger partial charge on any atom is 0.223 e. The van der Waals surface area contributed by atoms with Gasteiger partial charge in [-0.1, -0.05) is 26.2 Å². The zero-order valence-electron chi connectivity index (χ0n) is 21.0. The molecule has 0 aromatic heterocycles. The van der Waals surface area contributed by atoms with Crippen LogP contribution in [0.15, 0.2) is 0 Å². The van der Waals surface area contributed by atoms with Gasteiger partial charge in [-0.15, -0.1) is 0 Å². The predicted octanol–water partition coefficient (Wildman–Crippen LogP) is 0.590. The summed E-state index contributed by atoms with van der Waals surface area (Å²) in [6.45, 7) is 6.88. The monoisotopic (exact) mass is 477 g/mol. The smallest absolute Gasteiger partial charge is 0.223 e. The number of carbonyl (C=O) groups is 1. The first-order valence-electron chi connectivity index (χ1n) is 14.1. The molecule has 9 heteroatoms. The molecule has 5 aliphatic rings. The summed E-state index contributed by atoms with van der Waals surface area (Å²) in [7, 11) is 0. The van der Waals surface area contributed by atoms with Crippen LogP contribution < -0.4 is 32.1 Å². The first-order valence-corrected chi connectivity index (χ1v) is 14.1. The van der Waals surface area contributed by atoms with E-state index in [2.05, 4.69) is 43.9 Å². The van der Waals surface area contributed by atoms with E-state index in [4.69, 9.17) is 4.74 Å². The summed E-state index contributed by atoms with van der Waals surface area (Å²) in [6.07, 6.45) is 12.4. The van der Waals surface area contributed by atoms with Crippen LogP contribution in [0.2, 0.25) is 0 Å². The lowest BCUT2D eigenvalue weighted by Crippen LogP contribution is -2.59. The average molecular weight is 478 g/mol. The van der Waals surface area contributed by atoms with Crippen LogP contribution in [0.1, 0.15) is 71.1 Å². The number of carbonyl (C=O) groups excluding carboxylic acids is 1. The van der Waals surface area contributed by atoms with E-state index in [1.54, 1.807) is 0 Å². The van der Waals surface area contributed by atoms with Gasteiger partial charge >= 0.3 is 0 Å². The molecular weight excluding hydrogens is 430 g/mol. The normalized spacial score (nSPS) is 41.3. The van der Waals surface area contributed by atoms with Crippen molar-refractivity contribution >= 4 is 5.91 Å². The van der Waals surface area contributed by atoms with Crippen molar-refractivity contribution in [3.8, 4) is 0 Å². The van der Waals surface area contributed by atoms with E-state index in [1.165, 1.54) is 25.7 Å². The molecule has 3 heterocycles. The van der Waals surface area contributed by atoms with Crippen molar-refractivity contribution in [3.63, 3.8) is 0 Å². The second kappa shape index (κ2) is 12.0. The standard InChI is InChI=1S/C25H47N7O2/c1-2-12-32-23(30-31-24(32)20-10-11-26-16-28-20)14-27-18-7-5-6-17(13-18)25(33)29-21-15-34-22-9-4-3-8-19(21)22/h17-24,26-28,30-31H,2-16H2,1H3,(H,29,33)/t17?,18?,19?,20?,21-,22?,23?,24?/m0/s1. The van der Waals surface area contributed by atoms with Crippen molar-refractivity contribution < 1.29 is 9.53 Å². The molecule has 194 valence electrons. The lowest BCUT2D eigenvalue weighted by Gasteiger charge is -2.36. The number of fused-ring (bicyclic) bond motifs is 1. The topological polar surface area (TPSA) is 102 Å². The summed E-state index contributed by atoms with van der Waals surface area (Å²) >= 11 is 0. The minimum absolute atomic E-state index is 0.127. The van der Waals surface area contributed by atoms with Crippen LogP contribution in [0, 0.1) is 11.8 Å². The minimum atomic E-state index is 0.127. The highest BCUT2D eigenvalue weighted by atomic mass is 16.5. The van der Waals surface area contributed by atoms with Gasteiger partial charge in [-0.2, -0.15) is 0 Å². The average Bonchev–Trinajstić information content (AvgIpc) is 3.48. The quantitative estimate of drug-likeness (QED) is 0.302. The van der Waals surface area contributed by atoms with Crippen molar-refractivity contribution in [2.24, 2.45) is 11.8 Å². The van der Waals surface area contributed by atoms with Gasteiger partial charge in [0.15, 0.2) is 0 Å². The summed E-state index contributed by atoms with van der Waals surface area (Å²) in [5.41, 5.74) is 7.11. The Balaban J connectivity index is 1.09. The molecule has 0 aromatic rings. The highest BCUT2D eigenvalue weighted by Gasteiger charge is 2.41. The molecule has 0 radical (unpaired) electrons. The summed E-state index contributed by atoms with van der Waals surface area (Å²) in [4.78, 5) is 15.7. The van der Waals surface area contributed by atoms with E-state index in [0.29, 0.717) is 36.9 Å². The SMILES string of the molecule is CCCN1C(CNC2CCCC(C(=O)N[C@H]3COC4CCCCC43)C2)NNC1C1CCNCN1. The summed E-state index contributed by atoms with van der Waals surface area (Å²) in [5, 5.41) is 14.2. The van der Waals surface area contributed by atoms with Gasteiger partial charge in [-0.25, -0.2) is 10.9 Å². The van der Waals surface area contributed by atoms with Gasteiger partial charge in [-0.3, -0.25) is 15.0 Å². The van der Waals surface area contributed by atoms with Crippen molar-refractivity contribution in [1.82, 2.24) is 37.0 Å². The Morgan fingerprint density at radius 3 is 2.85 bits per heavy atom. The highest BCUT2D eigenvalue weighted by molar-refractivity contribution is 5.79. The molecule has 9 nitrogen and oxygen atoms in total. The van der Waals surface area contributed by atoms with Gasteiger partial charge in [-0.05, 0) is 51.5 Å². The molecule has 1 amide bonds. The Kier molecular flexibility index (Phi) is 8.74. The molecule has 7 unspecified atom stereocenters. The molecular formula is C25H47N7O2. The minimum Gasteiger partial charge on any atom is -0.376 e. The lowest BCUT2D eigenvalue weighted by atomic mass is 9.82. The van der Waals surface area contributed by atoms with Crippen LogP contribution in [-0.4, -0.2) is 80.3 Å². The number of hydrogen-bond donors (Lipinski definition) is 6. The van der Waals surface area contributed by atoms with Crippen LogP contribution in [-0.2, 0) is 9.53 Å². The van der Waals surface area contributed by atoms with Gasteiger partial charge in [0.25, 0.3) is 0 Å². The second-order valence-corrected chi connectivity index (χ2v) is 11.2. The number of hydrazine groups is 1. The van der Waals surface area contributed by atoms with Gasteiger partial charge in [0.05, 0.1) is 31.1 Å². The fraction of sp³-hybridized carbons (Fsp3) is 0.960. The summed E-state index contributed by atoms with van der Waals surface area (Å²) in [6, 6.07) is 1.09. The fourth-order valence-electron chi connectivity index (χ4n) is 7.00. The van der Waals surface area contributed by atoms with Gasteiger partial charge < -0.3 is 20.7 Å². The second-order valence-electron chi connectivity index (χ2n) is 11.2. The molecule has 0 aromatic carbocycles. The third kappa shape index (κ3) is 5.77. The number of nitrogens with zero attached hydrogens (tertiary/aromatic N) is 1. The van der Waals surface area contributed by atoms with Gasteiger partial charge in [0.1, 0.15) is 0 Å². The van der Waals surface area contributed by atoms with Gasteiger partial charge in [0, 0.05) is 43.7 Å². The Hall–Kier alpha value is -0.810. The number of ether oxygens (including phenoxy) is 1. The molecule has 34 heavy (non-hydrogen) atoms. The van der Waals surface area contributed by atoms with Crippen LogP contribution in [0.3, 0.4) is 0 Å². The largest absolute Gasteiger partial charge is 0.376 e. The molecule has 2 saturated carbocycles. The molecule has 5 fully saturated rings. The van der Waals surface area contributed by atoms with Crippen LogP contribution in [0.5, 0.6) is 0 Å². The highest BCUT2D eigenvalue weighted by Crippen LogP contribution is 2.35. The van der Waals surface area contributed by atoms with Crippen LogP contribution in [0.4, 0.5) is 0 Å². The van der Waals surface area contributed by atoms with Crippen molar-refractivity contribution in [3.05, 3.63) is 0 Å². The number of rotatable bonds is 8. The molecule has 6 N–H and O–H groups in total. The molecule has 5 rings (SSSR count). The number of hydrogen-bond acceptors (Lipinski definition) is 8. The van der Waals surface area contributed by atoms with Crippen LogP contribution >= 0.6 is 0 Å². The zero-order chi connectivity index (χ0) is 23.3. The Bertz CT molecular complexity index is 661. The van der Waals surface area contributed by atoms with E-state index in [-0.39, 0.29) is 24.0 Å². The lowest BCUT2D eigenvalue weighted by molar-refractivity contribution is -0.127. The number of nitrogens with one attached hydrogen (secondary N) is 6. The van der Waals surface area contributed by atoms with Crippen molar-refractivity contribution in [2.75, 3.05) is 32.9 Å². The predicted molar refractivity (Wildman–Crippen MR) is 133 cm³/mol. The Labute approximate surface area is 205 Å². The first-order chi connectivity index (χ1) is 16.7. The first kappa shape index (κ1) is 24.9. The molecule has 0 spiro atoms. The van der Waals surface area contributed by atoms with E-state index in [1.807, 2.05) is 0 Å². The third-order valence-electron chi connectivity index (χ3n) is 8.87. The maximum atomic E-state index is 13.2. The van der Waals surface area contributed by atoms with E-state index < -0.39 is 0 Å². The Morgan fingerprint density at radius 2 is 2.00 bits per heavy atom. The van der Waals surface area contributed by atoms with Crippen molar-refractivity contribution in [1.29, 1.82) is 0 Å². The van der Waals surface area contributed by atoms with E-state index in [9.17, 15) is 4.79 Å². The summed E-state index contributed by atoms with van der Waals surface area (Å²) < 4.78 is 6.00. The van der Waals surface area contributed by atoms with Gasteiger partial charge in [0.2, 0.25) is 5.91 Å². The third-order valence-corrected chi connectivity index (χ3v) is 8.87. The fourth-order valence-corrected chi connectivity index (χ4v) is 7.00. The van der Waals surface area contributed by atoms with E-state index in [0.717, 1.165) is 64.8 Å². The molecule has 2 aliphatic carbocycles. The van der Waals surface area contributed by atoms with Crippen LogP contribution in [0.25, 0.3) is 0 Å². The molecule has 3 aliphatic heterocycles. The van der Waals surface area contributed by atoms with E-state index >= 15 is 0 Å². The summed E-state index contributed by atoms with van der Waals surface area (Å²) in [5.74, 6) is 0.918. The zero-order valence-corrected chi connectivity index (χ0v) is 21.0. The molecule has 8 atom stereocenters. The van der Waals surface area contributed by atoms with Crippen molar-refractivity contribution in [2.45, 2.75) is 108 Å². The maximum absolute atomic E-state index is 13.2. The number of amides is 1. The Morgan fingerprint density at radius 1 is 1.09 bits per heavy atom. The molecule has 3 saturated heterocycles. The molecule has 0 bridgehead atoms.